The Balaban J connectivity index is 1.72. The second-order valence-electron chi connectivity index (χ2n) is 4.78. The van der Waals surface area contributed by atoms with Crippen LogP contribution in [0.1, 0.15) is 13.8 Å². The summed E-state index contributed by atoms with van der Waals surface area (Å²) in [6, 6.07) is 8.61. The lowest BCUT2D eigenvalue weighted by Gasteiger charge is -2.29. The van der Waals surface area contributed by atoms with Crippen molar-refractivity contribution in [3.8, 4) is 0 Å². The van der Waals surface area contributed by atoms with Gasteiger partial charge in [0.2, 0.25) is 5.96 Å². The van der Waals surface area contributed by atoms with Gasteiger partial charge in [0.25, 0.3) is 0 Å². The van der Waals surface area contributed by atoms with E-state index in [1.165, 1.54) is 0 Å². The molecule has 1 aromatic carbocycles. The number of oxazole rings is 1. The number of hydrogen-bond donors (Lipinski definition) is 2. The maximum atomic E-state index is 5.59. The Morgan fingerprint density at radius 3 is 2.89 bits per heavy atom. The topological polar surface area (TPSA) is 65.7 Å². The number of rotatable bonds is 2. The van der Waals surface area contributed by atoms with Crippen molar-refractivity contribution >= 4 is 23.1 Å². The fraction of sp³-hybridized carbons (Fsp3) is 0.385. The molecular weight excluding hydrogens is 242 g/mol. The second-order valence-corrected chi connectivity index (χ2v) is 4.78. The van der Waals surface area contributed by atoms with Crippen molar-refractivity contribution in [3.63, 3.8) is 0 Å². The molecule has 1 aliphatic heterocycles. The lowest BCUT2D eigenvalue weighted by atomic mass is 10.3. The third-order valence-electron chi connectivity index (χ3n) is 3.11. The molecule has 0 saturated heterocycles. The largest absolute Gasteiger partial charge is 0.423 e. The fourth-order valence-corrected chi connectivity index (χ4v) is 1.90. The van der Waals surface area contributed by atoms with Crippen molar-refractivity contribution in [2.45, 2.75) is 19.9 Å². The number of anilines is 1. The highest BCUT2D eigenvalue weighted by Gasteiger charge is 2.15. The summed E-state index contributed by atoms with van der Waals surface area (Å²) in [6.07, 6.45) is 0. The average molecular weight is 259 g/mol. The Labute approximate surface area is 111 Å². The number of benzene rings is 1. The van der Waals surface area contributed by atoms with Gasteiger partial charge in [-0.1, -0.05) is 12.1 Å². The van der Waals surface area contributed by atoms with Gasteiger partial charge < -0.3 is 9.73 Å². The van der Waals surface area contributed by atoms with Gasteiger partial charge in [-0.3, -0.25) is 10.2 Å². The third kappa shape index (κ3) is 2.53. The van der Waals surface area contributed by atoms with Gasteiger partial charge in [-0.25, -0.2) is 4.99 Å². The van der Waals surface area contributed by atoms with E-state index < -0.39 is 0 Å². The molecule has 3 rings (SSSR count). The third-order valence-corrected chi connectivity index (χ3v) is 3.11. The monoisotopic (exact) mass is 259 g/mol. The van der Waals surface area contributed by atoms with E-state index in [9.17, 15) is 0 Å². The Hall–Kier alpha value is -2.08. The van der Waals surface area contributed by atoms with E-state index in [0.717, 1.165) is 17.8 Å². The first kappa shape index (κ1) is 12.0. The number of guanidine groups is 1. The Morgan fingerprint density at radius 2 is 2.21 bits per heavy atom. The summed E-state index contributed by atoms with van der Waals surface area (Å²) >= 11 is 0. The summed E-state index contributed by atoms with van der Waals surface area (Å²) in [4.78, 5) is 11.0. The number of fused-ring (bicyclic) bond motifs is 1. The van der Waals surface area contributed by atoms with E-state index in [2.05, 4.69) is 39.4 Å². The number of para-hydroxylation sites is 2. The zero-order valence-electron chi connectivity index (χ0n) is 11.1. The SMILES string of the molecule is CC(C)N1CN=C(Nc2nc3ccccc3o2)NC1. The van der Waals surface area contributed by atoms with Crippen LogP contribution in [0.3, 0.4) is 0 Å². The second kappa shape index (κ2) is 4.89. The summed E-state index contributed by atoms with van der Waals surface area (Å²) in [6.45, 7) is 5.74. The van der Waals surface area contributed by atoms with E-state index in [1.54, 1.807) is 0 Å². The predicted molar refractivity (Wildman–Crippen MR) is 74.9 cm³/mol. The van der Waals surface area contributed by atoms with Crippen LogP contribution in [0.5, 0.6) is 0 Å². The van der Waals surface area contributed by atoms with Crippen LogP contribution >= 0.6 is 0 Å². The molecule has 0 unspecified atom stereocenters. The van der Waals surface area contributed by atoms with E-state index in [4.69, 9.17) is 4.42 Å². The van der Waals surface area contributed by atoms with E-state index in [-0.39, 0.29) is 0 Å². The molecule has 0 atom stereocenters. The minimum absolute atomic E-state index is 0.463. The van der Waals surface area contributed by atoms with E-state index in [0.29, 0.717) is 24.7 Å². The zero-order valence-corrected chi connectivity index (χ0v) is 11.1. The van der Waals surface area contributed by atoms with Gasteiger partial charge in [0.15, 0.2) is 5.58 Å². The van der Waals surface area contributed by atoms with Gasteiger partial charge in [-0.15, -0.1) is 0 Å². The smallest absolute Gasteiger partial charge is 0.302 e. The van der Waals surface area contributed by atoms with Gasteiger partial charge in [-0.05, 0) is 26.0 Å². The summed E-state index contributed by atoms with van der Waals surface area (Å²) in [5, 5.41) is 6.27. The van der Waals surface area contributed by atoms with Crippen LogP contribution in [0, 0.1) is 0 Å². The number of hydrogen-bond acceptors (Lipinski definition) is 6. The van der Waals surface area contributed by atoms with Crippen LogP contribution in [-0.4, -0.2) is 35.2 Å². The lowest BCUT2D eigenvalue weighted by Crippen LogP contribution is -2.48. The van der Waals surface area contributed by atoms with Crippen LogP contribution in [-0.2, 0) is 0 Å². The van der Waals surface area contributed by atoms with E-state index >= 15 is 0 Å². The maximum absolute atomic E-state index is 5.59. The highest BCUT2D eigenvalue weighted by molar-refractivity contribution is 5.93. The molecule has 0 spiro atoms. The summed E-state index contributed by atoms with van der Waals surface area (Å²) in [5.41, 5.74) is 1.61. The molecule has 0 amide bonds. The first-order valence-corrected chi connectivity index (χ1v) is 6.37. The minimum Gasteiger partial charge on any atom is -0.423 e. The molecule has 1 aliphatic rings. The molecule has 2 N–H and O–H groups in total. The van der Waals surface area contributed by atoms with Crippen molar-refractivity contribution in [2.75, 3.05) is 18.7 Å². The summed E-state index contributed by atoms with van der Waals surface area (Å²) in [7, 11) is 0. The van der Waals surface area contributed by atoms with Crippen LogP contribution in [0.15, 0.2) is 33.7 Å². The molecule has 0 radical (unpaired) electrons. The average Bonchev–Trinajstić information content (AvgIpc) is 2.81. The molecule has 2 aromatic rings. The van der Waals surface area contributed by atoms with Gasteiger partial charge >= 0.3 is 6.01 Å². The molecule has 6 nitrogen and oxygen atoms in total. The molecular formula is C13H17N5O. The van der Waals surface area contributed by atoms with Crippen LogP contribution in [0.4, 0.5) is 6.01 Å². The van der Waals surface area contributed by atoms with Crippen molar-refractivity contribution in [1.29, 1.82) is 0 Å². The first-order valence-electron chi connectivity index (χ1n) is 6.37. The quantitative estimate of drug-likeness (QED) is 0.861. The zero-order chi connectivity index (χ0) is 13.2. The van der Waals surface area contributed by atoms with Crippen molar-refractivity contribution in [1.82, 2.24) is 15.2 Å². The molecule has 1 aromatic heterocycles. The highest BCUT2D eigenvalue weighted by atomic mass is 16.4. The molecule has 2 heterocycles. The number of aliphatic imine (C=N–C) groups is 1. The highest BCUT2D eigenvalue weighted by Crippen LogP contribution is 2.18. The lowest BCUT2D eigenvalue weighted by molar-refractivity contribution is 0.214. The normalized spacial score (nSPS) is 16.5. The van der Waals surface area contributed by atoms with Gasteiger partial charge in [-0.2, -0.15) is 4.98 Å². The Kier molecular flexibility index (Phi) is 3.08. The summed E-state index contributed by atoms with van der Waals surface area (Å²) in [5.74, 6) is 0.698. The summed E-state index contributed by atoms with van der Waals surface area (Å²) < 4.78 is 5.59. The van der Waals surface area contributed by atoms with Crippen molar-refractivity contribution in [2.24, 2.45) is 4.99 Å². The number of aromatic nitrogens is 1. The number of nitrogens with one attached hydrogen (secondary N) is 2. The molecule has 0 aliphatic carbocycles. The van der Waals surface area contributed by atoms with Gasteiger partial charge in [0.05, 0.1) is 13.3 Å². The molecule has 0 fully saturated rings. The standard InChI is InChI=1S/C13H17N5O/c1-9(2)18-7-14-12(15-8-18)17-13-16-10-5-3-4-6-11(10)19-13/h3-6,9H,7-8H2,1-2H3,(H2,14,15,16,17). The van der Waals surface area contributed by atoms with Crippen molar-refractivity contribution in [3.05, 3.63) is 24.3 Å². The van der Waals surface area contributed by atoms with Crippen LogP contribution < -0.4 is 10.6 Å². The molecule has 6 heteroatoms. The molecule has 0 saturated carbocycles. The molecule has 19 heavy (non-hydrogen) atoms. The predicted octanol–water partition coefficient (Wildman–Crippen LogP) is 1.82. The van der Waals surface area contributed by atoms with Crippen LogP contribution in [0.2, 0.25) is 0 Å². The van der Waals surface area contributed by atoms with Gasteiger partial charge in [0, 0.05) is 6.04 Å². The Morgan fingerprint density at radius 1 is 1.37 bits per heavy atom. The fourth-order valence-electron chi connectivity index (χ4n) is 1.90. The molecule has 0 bridgehead atoms. The van der Waals surface area contributed by atoms with E-state index in [1.807, 2.05) is 24.3 Å². The number of nitrogens with zero attached hydrogens (tertiary/aromatic N) is 3. The first-order chi connectivity index (χ1) is 9.22. The van der Waals surface area contributed by atoms with Crippen molar-refractivity contribution < 1.29 is 4.42 Å². The van der Waals surface area contributed by atoms with Gasteiger partial charge in [0.1, 0.15) is 5.52 Å². The Bertz CT molecular complexity index is 571. The van der Waals surface area contributed by atoms with Crippen LogP contribution in [0.25, 0.3) is 11.1 Å². The minimum atomic E-state index is 0.463. The maximum Gasteiger partial charge on any atom is 0.302 e. The molecule has 100 valence electrons.